The summed E-state index contributed by atoms with van der Waals surface area (Å²) < 4.78 is 10.6. The SMILES string of the molecule is Cc1cc(C(=O)N2CCC[C@@H]2CN(C)C(=O)OC(C)(C)C)co1. The largest absolute Gasteiger partial charge is 0.469 e. The summed E-state index contributed by atoms with van der Waals surface area (Å²) in [4.78, 5) is 28.0. The molecule has 1 atom stereocenters. The quantitative estimate of drug-likeness (QED) is 0.858. The summed E-state index contributed by atoms with van der Waals surface area (Å²) >= 11 is 0. The highest BCUT2D eigenvalue weighted by molar-refractivity contribution is 5.94. The molecule has 0 bridgehead atoms. The van der Waals surface area contributed by atoms with Gasteiger partial charge in [-0.2, -0.15) is 0 Å². The van der Waals surface area contributed by atoms with E-state index in [4.69, 9.17) is 9.15 Å². The number of likely N-dealkylation sites (tertiary alicyclic amines) is 1. The molecule has 0 aromatic carbocycles. The molecule has 0 unspecified atom stereocenters. The van der Waals surface area contributed by atoms with E-state index in [1.807, 2.05) is 32.6 Å². The lowest BCUT2D eigenvalue weighted by Crippen LogP contribution is -2.45. The smallest absolute Gasteiger partial charge is 0.410 e. The number of furan rings is 1. The Kier molecular flexibility index (Phi) is 5.02. The number of rotatable bonds is 3. The van der Waals surface area contributed by atoms with Crippen molar-refractivity contribution in [2.45, 2.75) is 52.2 Å². The molecule has 2 amide bonds. The molecule has 0 spiro atoms. The van der Waals surface area contributed by atoms with Gasteiger partial charge in [-0.3, -0.25) is 4.79 Å². The predicted molar refractivity (Wildman–Crippen MR) is 86.4 cm³/mol. The average Bonchev–Trinajstić information content (AvgIpc) is 3.05. The van der Waals surface area contributed by atoms with Crippen molar-refractivity contribution >= 4 is 12.0 Å². The number of amides is 2. The molecule has 2 heterocycles. The van der Waals surface area contributed by atoms with E-state index in [1.54, 1.807) is 18.0 Å². The van der Waals surface area contributed by atoms with Gasteiger partial charge in [0.15, 0.2) is 0 Å². The van der Waals surface area contributed by atoms with Crippen LogP contribution in [0.3, 0.4) is 0 Å². The van der Waals surface area contributed by atoms with Crippen LogP contribution >= 0.6 is 0 Å². The first-order valence-electron chi connectivity index (χ1n) is 7.97. The molecule has 1 aromatic rings. The summed E-state index contributed by atoms with van der Waals surface area (Å²) in [5, 5.41) is 0. The van der Waals surface area contributed by atoms with Gasteiger partial charge in [0.05, 0.1) is 5.56 Å². The molecule has 6 nitrogen and oxygen atoms in total. The Labute approximate surface area is 137 Å². The molecular formula is C17H26N2O4. The van der Waals surface area contributed by atoms with Gasteiger partial charge in [-0.15, -0.1) is 0 Å². The first kappa shape index (κ1) is 17.4. The standard InChI is InChI=1S/C17H26N2O4/c1-12-9-13(11-22-12)15(20)19-8-6-7-14(19)10-18(5)16(21)23-17(2,3)4/h9,11,14H,6-8,10H2,1-5H3/t14-/m1/s1. The maximum atomic E-state index is 12.6. The summed E-state index contributed by atoms with van der Waals surface area (Å²) in [6.45, 7) is 8.50. The second-order valence-corrected chi connectivity index (χ2v) is 7.10. The highest BCUT2D eigenvalue weighted by Crippen LogP contribution is 2.22. The number of likely N-dealkylation sites (N-methyl/N-ethyl adjacent to an activating group) is 1. The third-order valence-corrected chi connectivity index (χ3v) is 3.81. The Morgan fingerprint density at radius 3 is 2.70 bits per heavy atom. The highest BCUT2D eigenvalue weighted by Gasteiger charge is 2.32. The van der Waals surface area contributed by atoms with Gasteiger partial charge in [-0.05, 0) is 46.6 Å². The molecule has 0 aliphatic carbocycles. The fourth-order valence-electron chi connectivity index (χ4n) is 2.74. The van der Waals surface area contributed by atoms with Crippen molar-refractivity contribution in [3.8, 4) is 0 Å². The van der Waals surface area contributed by atoms with Crippen molar-refractivity contribution in [2.75, 3.05) is 20.1 Å². The summed E-state index contributed by atoms with van der Waals surface area (Å²) in [5.41, 5.74) is 0.0412. The Morgan fingerprint density at radius 2 is 2.13 bits per heavy atom. The third-order valence-electron chi connectivity index (χ3n) is 3.81. The van der Waals surface area contributed by atoms with Crippen molar-refractivity contribution in [1.29, 1.82) is 0 Å². The van der Waals surface area contributed by atoms with Crippen LogP contribution in [-0.2, 0) is 4.74 Å². The Balaban J connectivity index is 1.99. The van der Waals surface area contributed by atoms with E-state index in [-0.39, 0.29) is 18.0 Å². The molecule has 23 heavy (non-hydrogen) atoms. The third kappa shape index (κ3) is 4.50. The minimum atomic E-state index is -0.523. The van der Waals surface area contributed by atoms with E-state index in [1.165, 1.54) is 6.26 Å². The van der Waals surface area contributed by atoms with Crippen LogP contribution in [-0.4, -0.2) is 53.6 Å². The van der Waals surface area contributed by atoms with Crippen LogP contribution in [0.5, 0.6) is 0 Å². The second-order valence-electron chi connectivity index (χ2n) is 7.10. The molecule has 6 heteroatoms. The molecule has 2 rings (SSSR count). The van der Waals surface area contributed by atoms with E-state index in [2.05, 4.69) is 0 Å². The van der Waals surface area contributed by atoms with Crippen LogP contribution < -0.4 is 0 Å². The Morgan fingerprint density at radius 1 is 1.43 bits per heavy atom. The van der Waals surface area contributed by atoms with E-state index >= 15 is 0 Å². The van der Waals surface area contributed by atoms with Crippen LogP contribution in [0.25, 0.3) is 0 Å². The highest BCUT2D eigenvalue weighted by atomic mass is 16.6. The van der Waals surface area contributed by atoms with Gasteiger partial charge < -0.3 is 19.0 Å². The Bertz CT molecular complexity index is 573. The molecule has 0 radical (unpaired) electrons. The van der Waals surface area contributed by atoms with Crippen molar-refractivity contribution in [1.82, 2.24) is 9.80 Å². The zero-order valence-corrected chi connectivity index (χ0v) is 14.6. The van der Waals surface area contributed by atoms with Gasteiger partial charge in [0.25, 0.3) is 5.91 Å². The fraction of sp³-hybridized carbons (Fsp3) is 0.647. The minimum absolute atomic E-state index is 0.00947. The zero-order valence-electron chi connectivity index (χ0n) is 14.6. The molecule has 0 saturated carbocycles. The molecule has 1 aliphatic rings. The van der Waals surface area contributed by atoms with Crippen molar-refractivity contribution < 1.29 is 18.7 Å². The van der Waals surface area contributed by atoms with Crippen LogP contribution in [0.2, 0.25) is 0 Å². The number of carbonyl (C=O) groups excluding carboxylic acids is 2. The zero-order chi connectivity index (χ0) is 17.2. The van der Waals surface area contributed by atoms with Crippen molar-refractivity contribution in [3.63, 3.8) is 0 Å². The van der Waals surface area contributed by atoms with Crippen LogP contribution in [0.1, 0.15) is 49.7 Å². The first-order chi connectivity index (χ1) is 10.7. The fourth-order valence-corrected chi connectivity index (χ4v) is 2.74. The lowest BCUT2D eigenvalue weighted by molar-refractivity contribution is 0.0252. The van der Waals surface area contributed by atoms with Crippen molar-refractivity contribution in [3.05, 3.63) is 23.7 Å². The van der Waals surface area contributed by atoms with Crippen LogP contribution in [0.15, 0.2) is 16.7 Å². The second kappa shape index (κ2) is 6.64. The van der Waals surface area contributed by atoms with E-state index in [0.29, 0.717) is 18.7 Å². The maximum absolute atomic E-state index is 12.6. The number of nitrogens with zero attached hydrogens (tertiary/aromatic N) is 2. The van der Waals surface area contributed by atoms with Crippen molar-refractivity contribution in [2.24, 2.45) is 0 Å². The van der Waals surface area contributed by atoms with E-state index < -0.39 is 5.60 Å². The topological polar surface area (TPSA) is 63.0 Å². The van der Waals surface area contributed by atoms with Crippen LogP contribution in [0, 0.1) is 6.92 Å². The van der Waals surface area contributed by atoms with Gasteiger partial charge >= 0.3 is 6.09 Å². The lowest BCUT2D eigenvalue weighted by atomic mass is 10.2. The normalized spacial score (nSPS) is 18.1. The molecule has 1 aromatic heterocycles. The number of carbonyl (C=O) groups is 2. The average molecular weight is 322 g/mol. The maximum Gasteiger partial charge on any atom is 0.410 e. The summed E-state index contributed by atoms with van der Waals surface area (Å²) in [6, 6.07) is 1.75. The number of aryl methyl sites for hydroxylation is 1. The lowest BCUT2D eigenvalue weighted by Gasteiger charge is -2.30. The van der Waals surface area contributed by atoms with Crippen LogP contribution in [0.4, 0.5) is 4.79 Å². The molecule has 128 valence electrons. The summed E-state index contributed by atoms with van der Waals surface area (Å²) in [6.07, 6.45) is 2.95. The number of hydrogen-bond acceptors (Lipinski definition) is 4. The summed E-state index contributed by atoms with van der Waals surface area (Å²) in [5.74, 6) is 0.678. The summed E-state index contributed by atoms with van der Waals surface area (Å²) in [7, 11) is 1.71. The molecule has 1 saturated heterocycles. The first-order valence-corrected chi connectivity index (χ1v) is 7.97. The monoisotopic (exact) mass is 322 g/mol. The molecule has 1 aliphatic heterocycles. The van der Waals surface area contributed by atoms with Gasteiger partial charge in [0.2, 0.25) is 0 Å². The molecular weight excluding hydrogens is 296 g/mol. The minimum Gasteiger partial charge on any atom is -0.469 e. The predicted octanol–water partition coefficient (Wildman–Crippen LogP) is 3.06. The van der Waals surface area contributed by atoms with E-state index in [0.717, 1.165) is 18.6 Å². The van der Waals surface area contributed by atoms with Gasteiger partial charge in [-0.25, -0.2) is 4.79 Å². The van der Waals surface area contributed by atoms with E-state index in [9.17, 15) is 9.59 Å². The molecule has 1 fully saturated rings. The van der Waals surface area contributed by atoms with Gasteiger partial charge in [0, 0.05) is 26.2 Å². The Hall–Kier alpha value is -1.98. The number of ether oxygens (including phenoxy) is 1. The number of hydrogen-bond donors (Lipinski definition) is 0. The van der Waals surface area contributed by atoms with Gasteiger partial charge in [-0.1, -0.05) is 0 Å². The van der Waals surface area contributed by atoms with Gasteiger partial charge in [0.1, 0.15) is 17.6 Å². The molecule has 0 N–H and O–H groups in total.